The summed E-state index contributed by atoms with van der Waals surface area (Å²) in [7, 11) is 0. The van der Waals surface area contributed by atoms with Crippen LogP contribution >= 0.6 is 0 Å². The summed E-state index contributed by atoms with van der Waals surface area (Å²) in [5, 5.41) is 6.41. The van der Waals surface area contributed by atoms with Crippen molar-refractivity contribution in [2.45, 2.75) is 40.2 Å². The molecule has 4 heteroatoms. The van der Waals surface area contributed by atoms with Crippen molar-refractivity contribution < 1.29 is 4.79 Å². The summed E-state index contributed by atoms with van der Waals surface area (Å²) in [6.45, 7) is 10.7. The van der Waals surface area contributed by atoms with E-state index in [4.69, 9.17) is 0 Å². The Morgan fingerprint density at radius 3 is 2.55 bits per heavy atom. The number of rotatable bonds is 7. The van der Waals surface area contributed by atoms with Gasteiger partial charge in [-0.3, -0.25) is 0 Å². The van der Waals surface area contributed by atoms with E-state index in [-0.39, 0.29) is 6.03 Å². The summed E-state index contributed by atoms with van der Waals surface area (Å²) < 4.78 is 0. The minimum Gasteiger partial charge on any atom is -0.325 e. The van der Waals surface area contributed by atoms with E-state index < -0.39 is 0 Å². The number of amides is 2. The molecular formula is C16H27N3O. The van der Waals surface area contributed by atoms with E-state index in [1.165, 1.54) is 5.56 Å². The van der Waals surface area contributed by atoms with Crippen molar-refractivity contribution >= 4 is 11.7 Å². The first-order valence-electron chi connectivity index (χ1n) is 7.51. The lowest BCUT2D eigenvalue weighted by Gasteiger charge is -2.20. The van der Waals surface area contributed by atoms with Crippen LogP contribution in [0.25, 0.3) is 0 Å². The van der Waals surface area contributed by atoms with Crippen LogP contribution in [0.5, 0.6) is 0 Å². The summed E-state index contributed by atoms with van der Waals surface area (Å²) in [5.74, 6) is 0. The number of nitrogens with one attached hydrogen (secondary N) is 2. The number of benzene rings is 1. The Morgan fingerprint density at radius 1 is 1.25 bits per heavy atom. The van der Waals surface area contributed by atoms with Crippen molar-refractivity contribution in [2.75, 3.05) is 25.0 Å². The Morgan fingerprint density at radius 2 is 1.95 bits per heavy atom. The zero-order valence-corrected chi connectivity index (χ0v) is 13.1. The van der Waals surface area contributed by atoms with Crippen LogP contribution in [0.1, 0.15) is 45.7 Å². The molecule has 0 radical (unpaired) electrons. The second kappa shape index (κ2) is 8.59. The predicted octanol–water partition coefficient (Wildman–Crippen LogP) is 3.62. The van der Waals surface area contributed by atoms with Gasteiger partial charge in [-0.25, -0.2) is 4.79 Å². The molecule has 0 saturated carbocycles. The minimum absolute atomic E-state index is 0.0404. The fraction of sp³-hybridized carbons (Fsp3) is 0.562. The van der Waals surface area contributed by atoms with Gasteiger partial charge in [0.25, 0.3) is 0 Å². The summed E-state index contributed by atoms with van der Waals surface area (Å²) in [5.41, 5.74) is 2.04. The molecule has 1 aromatic carbocycles. The molecule has 0 heterocycles. The van der Waals surface area contributed by atoms with Gasteiger partial charge in [0.05, 0.1) is 0 Å². The number of carbonyl (C=O) groups excluding carboxylic acids is 1. The highest BCUT2D eigenvalue weighted by molar-refractivity contribution is 5.89. The Balaban J connectivity index is 2.70. The third-order valence-electron chi connectivity index (χ3n) is 3.39. The highest BCUT2D eigenvalue weighted by Gasteiger charge is 2.10. The molecule has 1 aromatic rings. The molecule has 0 aromatic heterocycles. The monoisotopic (exact) mass is 277 g/mol. The van der Waals surface area contributed by atoms with E-state index in [0.717, 1.165) is 31.7 Å². The molecule has 0 aliphatic rings. The lowest BCUT2D eigenvalue weighted by atomic mass is 10.1. The van der Waals surface area contributed by atoms with Crippen LogP contribution in [-0.4, -0.2) is 30.6 Å². The Labute approximate surface area is 122 Å². The number of carbonyl (C=O) groups is 1. The molecule has 2 amide bonds. The first-order chi connectivity index (χ1) is 9.62. The molecule has 0 bridgehead atoms. The fourth-order valence-corrected chi connectivity index (χ4v) is 2.08. The van der Waals surface area contributed by atoms with E-state index in [9.17, 15) is 4.79 Å². The van der Waals surface area contributed by atoms with Crippen molar-refractivity contribution in [1.82, 2.24) is 10.2 Å². The van der Waals surface area contributed by atoms with Gasteiger partial charge in [-0.05, 0) is 51.4 Å². The lowest BCUT2D eigenvalue weighted by molar-refractivity contribution is 0.217. The molecule has 1 rings (SSSR count). The topological polar surface area (TPSA) is 44.4 Å². The molecule has 20 heavy (non-hydrogen) atoms. The quantitative estimate of drug-likeness (QED) is 0.799. The molecule has 112 valence electrons. The second-order valence-electron chi connectivity index (χ2n) is 4.90. The van der Waals surface area contributed by atoms with Crippen molar-refractivity contribution in [2.24, 2.45) is 0 Å². The second-order valence-corrected chi connectivity index (χ2v) is 4.90. The van der Waals surface area contributed by atoms with Gasteiger partial charge in [0.1, 0.15) is 0 Å². The average molecular weight is 277 g/mol. The summed E-state index contributed by atoms with van der Waals surface area (Å²) in [6, 6.07) is 8.28. The van der Waals surface area contributed by atoms with Crippen LogP contribution in [-0.2, 0) is 0 Å². The third-order valence-corrected chi connectivity index (χ3v) is 3.39. The average Bonchev–Trinajstić information content (AvgIpc) is 2.46. The van der Waals surface area contributed by atoms with Crippen molar-refractivity contribution in [1.29, 1.82) is 0 Å². The largest absolute Gasteiger partial charge is 0.325 e. The van der Waals surface area contributed by atoms with Crippen LogP contribution in [0.3, 0.4) is 0 Å². The SMILES string of the molecule is CCCNC(C)c1cccc(NC(=O)N(CC)CC)c1. The van der Waals surface area contributed by atoms with E-state index in [0.29, 0.717) is 6.04 Å². The van der Waals surface area contributed by atoms with E-state index in [1.807, 2.05) is 32.0 Å². The molecule has 1 unspecified atom stereocenters. The van der Waals surface area contributed by atoms with Crippen LogP contribution in [0.4, 0.5) is 10.5 Å². The van der Waals surface area contributed by atoms with E-state index in [1.54, 1.807) is 4.90 Å². The summed E-state index contributed by atoms with van der Waals surface area (Å²) in [6.07, 6.45) is 1.11. The van der Waals surface area contributed by atoms with Gasteiger partial charge in [0.15, 0.2) is 0 Å². The summed E-state index contributed by atoms with van der Waals surface area (Å²) >= 11 is 0. The third kappa shape index (κ3) is 4.85. The Hall–Kier alpha value is -1.55. The van der Waals surface area contributed by atoms with Crippen LogP contribution in [0.2, 0.25) is 0 Å². The fourth-order valence-electron chi connectivity index (χ4n) is 2.08. The Kier molecular flexibility index (Phi) is 7.09. The molecule has 0 aliphatic heterocycles. The standard InChI is InChI=1S/C16H27N3O/c1-5-11-17-13(4)14-9-8-10-15(12-14)18-16(20)19(6-2)7-3/h8-10,12-13,17H,5-7,11H2,1-4H3,(H,18,20). The van der Waals surface area contributed by atoms with E-state index >= 15 is 0 Å². The maximum atomic E-state index is 12.0. The van der Waals surface area contributed by atoms with Gasteiger partial charge in [-0.1, -0.05) is 19.1 Å². The highest BCUT2D eigenvalue weighted by atomic mass is 16.2. The van der Waals surface area contributed by atoms with Gasteiger partial charge in [0.2, 0.25) is 0 Å². The van der Waals surface area contributed by atoms with Gasteiger partial charge in [0, 0.05) is 24.8 Å². The number of hydrogen-bond donors (Lipinski definition) is 2. The molecule has 4 nitrogen and oxygen atoms in total. The molecule has 2 N–H and O–H groups in total. The maximum absolute atomic E-state index is 12.0. The zero-order valence-electron chi connectivity index (χ0n) is 13.1. The van der Waals surface area contributed by atoms with Gasteiger partial charge in [-0.15, -0.1) is 0 Å². The molecular weight excluding hydrogens is 250 g/mol. The molecule has 0 saturated heterocycles. The highest BCUT2D eigenvalue weighted by Crippen LogP contribution is 2.17. The Bertz CT molecular complexity index is 416. The van der Waals surface area contributed by atoms with Gasteiger partial charge in [-0.2, -0.15) is 0 Å². The van der Waals surface area contributed by atoms with Crippen LogP contribution < -0.4 is 10.6 Å². The number of nitrogens with zero attached hydrogens (tertiary/aromatic N) is 1. The smallest absolute Gasteiger partial charge is 0.321 e. The normalized spacial score (nSPS) is 12.0. The predicted molar refractivity (Wildman–Crippen MR) is 85.1 cm³/mol. The summed E-state index contributed by atoms with van der Waals surface area (Å²) in [4.78, 5) is 13.8. The van der Waals surface area contributed by atoms with Gasteiger partial charge >= 0.3 is 6.03 Å². The minimum atomic E-state index is -0.0404. The first kappa shape index (κ1) is 16.5. The molecule has 0 aliphatic carbocycles. The van der Waals surface area contributed by atoms with Crippen LogP contribution in [0, 0.1) is 0 Å². The van der Waals surface area contributed by atoms with Gasteiger partial charge < -0.3 is 15.5 Å². The molecule has 0 spiro atoms. The first-order valence-corrected chi connectivity index (χ1v) is 7.51. The zero-order chi connectivity index (χ0) is 15.0. The van der Waals surface area contributed by atoms with Crippen molar-refractivity contribution in [3.63, 3.8) is 0 Å². The maximum Gasteiger partial charge on any atom is 0.321 e. The number of hydrogen-bond acceptors (Lipinski definition) is 2. The number of urea groups is 1. The molecule has 1 atom stereocenters. The van der Waals surface area contributed by atoms with E-state index in [2.05, 4.69) is 30.5 Å². The van der Waals surface area contributed by atoms with Crippen molar-refractivity contribution in [3.05, 3.63) is 29.8 Å². The van der Waals surface area contributed by atoms with Crippen molar-refractivity contribution in [3.8, 4) is 0 Å². The number of anilines is 1. The lowest BCUT2D eigenvalue weighted by Crippen LogP contribution is -2.34. The molecule has 0 fully saturated rings. The van der Waals surface area contributed by atoms with Crippen LogP contribution in [0.15, 0.2) is 24.3 Å².